The molecule has 0 aromatic rings. The first-order valence-electron chi connectivity index (χ1n) is 6.89. The lowest BCUT2D eigenvalue weighted by molar-refractivity contribution is -0.128. The van der Waals surface area contributed by atoms with Crippen molar-refractivity contribution in [2.24, 2.45) is 0 Å². The molecule has 0 saturated carbocycles. The summed E-state index contributed by atoms with van der Waals surface area (Å²) in [5.74, 6) is -0.314. The highest BCUT2D eigenvalue weighted by Gasteiger charge is 2.26. The van der Waals surface area contributed by atoms with Crippen molar-refractivity contribution in [1.29, 1.82) is 0 Å². The summed E-state index contributed by atoms with van der Waals surface area (Å²) in [6.07, 6.45) is 1.23. The van der Waals surface area contributed by atoms with Crippen LogP contribution in [-0.2, 0) is 19.1 Å². The molecular formula is C13H23N3O5. The number of hydrazine groups is 1. The molecule has 0 aromatic heterocycles. The van der Waals surface area contributed by atoms with Gasteiger partial charge in [-0.2, -0.15) is 0 Å². The summed E-state index contributed by atoms with van der Waals surface area (Å²) < 4.78 is 10.7. The van der Waals surface area contributed by atoms with E-state index in [4.69, 9.17) is 9.47 Å². The van der Waals surface area contributed by atoms with E-state index in [1.165, 1.54) is 0 Å². The number of rotatable bonds is 5. The highest BCUT2D eigenvalue weighted by Crippen LogP contribution is 2.17. The number of carbonyl (C=O) groups is 3. The van der Waals surface area contributed by atoms with Gasteiger partial charge in [0.05, 0.1) is 25.2 Å². The van der Waals surface area contributed by atoms with Crippen molar-refractivity contribution in [3.8, 4) is 0 Å². The van der Waals surface area contributed by atoms with Gasteiger partial charge in [0.15, 0.2) is 0 Å². The third-order valence-corrected chi connectivity index (χ3v) is 2.77. The van der Waals surface area contributed by atoms with E-state index in [9.17, 15) is 14.4 Å². The molecule has 1 heterocycles. The Labute approximate surface area is 123 Å². The smallest absolute Gasteiger partial charge is 0.407 e. The zero-order valence-corrected chi connectivity index (χ0v) is 12.6. The molecule has 1 fully saturated rings. The van der Waals surface area contributed by atoms with E-state index < -0.39 is 11.7 Å². The van der Waals surface area contributed by atoms with Crippen molar-refractivity contribution < 1.29 is 23.9 Å². The van der Waals surface area contributed by atoms with Crippen LogP contribution in [0.25, 0.3) is 0 Å². The van der Waals surface area contributed by atoms with Crippen LogP contribution in [0.15, 0.2) is 0 Å². The Morgan fingerprint density at radius 1 is 1.33 bits per heavy atom. The van der Waals surface area contributed by atoms with Crippen LogP contribution in [0.3, 0.4) is 0 Å². The van der Waals surface area contributed by atoms with E-state index >= 15 is 0 Å². The summed E-state index contributed by atoms with van der Waals surface area (Å²) in [7, 11) is 0. The van der Waals surface area contributed by atoms with Crippen molar-refractivity contribution in [3.63, 3.8) is 0 Å². The molecule has 21 heavy (non-hydrogen) atoms. The van der Waals surface area contributed by atoms with Gasteiger partial charge in [0.1, 0.15) is 5.60 Å². The number of hydrogen-bond acceptors (Lipinski definition) is 5. The quantitative estimate of drug-likeness (QED) is 0.498. The first-order valence-corrected chi connectivity index (χ1v) is 6.89. The van der Waals surface area contributed by atoms with E-state index in [0.717, 1.165) is 0 Å². The summed E-state index contributed by atoms with van der Waals surface area (Å²) in [6, 6.07) is -0.118. The number of amides is 3. The largest absolute Gasteiger partial charge is 0.444 e. The first-order chi connectivity index (χ1) is 9.80. The van der Waals surface area contributed by atoms with Gasteiger partial charge in [-0.1, -0.05) is 0 Å². The molecule has 0 bridgehead atoms. The van der Waals surface area contributed by atoms with Gasteiger partial charge in [0.2, 0.25) is 12.3 Å². The van der Waals surface area contributed by atoms with Gasteiger partial charge in [-0.25, -0.2) is 4.79 Å². The Kier molecular flexibility index (Phi) is 6.41. The van der Waals surface area contributed by atoms with E-state index in [2.05, 4.69) is 16.2 Å². The number of alkyl carbamates (subject to hydrolysis) is 1. The monoisotopic (exact) mass is 301 g/mol. The number of carbonyl (C=O) groups excluding carboxylic acids is 3. The fourth-order valence-corrected chi connectivity index (χ4v) is 1.92. The minimum atomic E-state index is -0.536. The van der Waals surface area contributed by atoms with Crippen LogP contribution >= 0.6 is 0 Å². The molecule has 2 atom stereocenters. The standard InChI is InChI=1S/C13H23N3O5/c1-13(2,3)21-12(19)15-9-4-5-10(20-7-9)6-11(18)16-14-8-17/h8-10H,4-7H2,1-3H3,(H,14,17)(H,15,19)(H,16,18)/t9-,10+/m1/s1. The van der Waals surface area contributed by atoms with E-state index in [-0.39, 0.29) is 24.5 Å². The van der Waals surface area contributed by atoms with E-state index in [1.54, 1.807) is 20.8 Å². The van der Waals surface area contributed by atoms with Gasteiger partial charge >= 0.3 is 6.09 Å². The molecule has 8 nitrogen and oxygen atoms in total. The maximum Gasteiger partial charge on any atom is 0.407 e. The fraction of sp³-hybridized carbons (Fsp3) is 0.769. The fourth-order valence-electron chi connectivity index (χ4n) is 1.92. The highest BCUT2D eigenvalue weighted by molar-refractivity contribution is 5.77. The van der Waals surface area contributed by atoms with Gasteiger partial charge in [-0.15, -0.1) is 0 Å². The Morgan fingerprint density at radius 3 is 2.57 bits per heavy atom. The van der Waals surface area contributed by atoms with Crippen LogP contribution in [0.1, 0.15) is 40.0 Å². The Hall–Kier alpha value is -1.83. The summed E-state index contributed by atoms with van der Waals surface area (Å²) in [4.78, 5) is 33.0. The molecule has 8 heteroatoms. The second-order valence-corrected chi connectivity index (χ2v) is 5.89. The molecule has 0 aliphatic carbocycles. The topological polar surface area (TPSA) is 106 Å². The molecular weight excluding hydrogens is 278 g/mol. The summed E-state index contributed by atoms with van der Waals surface area (Å²) in [5.41, 5.74) is 3.77. The zero-order chi connectivity index (χ0) is 15.9. The van der Waals surface area contributed by atoms with Crippen LogP contribution in [0.5, 0.6) is 0 Å². The lowest BCUT2D eigenvalue weighted by Crippen LogP contribution is -2.46. The van der Waals surface area contributed by atoms with Gasteiger partial charge in [0, 0.05) is 0 Å². The third kappa shape index (κ3) is 7.50. The molecule has 0 unspecified atom stereocenters. The molecule has 0 radical (unpaired) electrons. The predicted molar refractivity (Wildman–Crippen MR) is 74.1 cm³/mol. The first kappa shape index (κ1) is 17.2. The van der Waals surface area contributed by atoms with Gasteiger partial charge in [-0.05, 0) is 33.6 Å². The van der Waals surface area contributed by atoms with Crippen LogP contribution in [-0.4, -0.2) is 42.8 Å². The molecule has 1 saturated heterocycles. The van der Waals surface area contributed by atoms with Crippen LogP contribution in [0.4, 0.5) is 4.79 Å². The van der Waals surface area contributed by atoms with Crippen LogP contribution < -0.4 is 16.2 Å². The Balaban J connectivity index is 2.24. The minimum Gasteiger partial charge on any atom is -0.444 e. The molecule has 1 rings (SSSR count). The van der Waals surface area contributed by atoms with Crippen LogP contribution in [0, 0.1) is 0 Å². The van der Waals surface area contributed by atoms with Crippen molar-refractivity contribution in [3.05, 3.63) is 0 Å². The number of nitrogens with one attached hydrogen (secondary N) is 3. The second-order valence-electron chi connectivity index (χ2n) is 5.89. The number of ether oxygens (including phenoxy) is 2. The van der Waals surface area contributed by atoms with Gasteiger partial charge < -0.3 is 14.8 Å². The van der Waals surface area contributed by atoms with Crippen molar-refractivity contribution in [2.45, 2.75) is 57.8 Å². The van der Waals surface area contributed by atoms with Gasteiger partial charge in [0.25, 0.3) is 0 Å². The average molecular weight is 301 g/mol. The third-order valence-electron chi connectivity index (χ3n) is 2.77. The summed E-state index contributed by atoms with van der Waals surface area (Å²) in [6.45, 7) is 5.72. The van der Waals surface area contributed by atoms with E-state index in [1.807, 2.05) is 0 Å². The maximum absolute atomic E-state index is 11.6. The molecule has 1 aliphatic heterocycles. The lowest BCUT2D eigenvalue weighted by atomic mass is 10.0. The maximum atomic E-state index is 11.6. The number of hydrogen-bond donors (Lipinski definition) is 3. The Bertz CT molecular complexity index is 372. The highest BCUT2D eigenvalue weighted by atomic mass is 16.6. The van der Waals surface area contributed by atoms with Crippen LogP contribution in [0.2, 0.25) is 0 Å². The van der Waals surface area contributed by atoms with E-state index in [0.29, 0.717) is 25.9 Å². The van der Waals surface area contributed by atoms with Crippen molar-refractivity contribution >= 4 is 18.4 Å². The normalized spacial score (nSPS) is 22.0. The average Bonchev–Trinajstić information content (AvgIpc) is 2.36. The molecule has 1 aliphatic rings. The molecule has 3 amide bonds. The summed E-state index contributed by atoms with van der Waals surface area (Å²) >= 11 is 0. The lowest BCUT2D eigenvalue weighted by Gasteiger charge is -2.30. The molecule has 0 aromatic carbocycles. The molecule has 0 spiro atoms. The Morgan fingerprint density at radius 2 is 2.05 bits per heavy atom. The van der Waals surface area contributed by atoms with Gasteiger partial charge in [-0.3, -0.25) is 20.4 Å². The summed E-state index contributed by atoms with van der Waals surface area (Å²) in [5, 5.41) is 2.74. The van der Waals surface area contributed by atoms with Crippen molar-refractivity contribution in [2.75, 3.05) is 6.61 Å². The predicted octanol–water partition coefficient (Wildman–Crippen LogP) is 0.226. The SMILES string of the molecule is CC(C)(C)OC(=O)N[C@@H]1CC[C@@H](CC(=O)NNC=O)OC1. The zero-order valence-electron chi connectivity index (χ0n) is 12.6. The van der Waals surface area contributed by atoms with Crippen molar-refractivity contribution in [1.82, 2.24) is 16.2 Å². The second kappa shape index (κ2) is 7.82. The molecule has 120 valence electrons. The molecule has 3 N–H and O–H groups in total. The minimum absolute atomic E-state index is 0.118.